The van der Waals surface area contributed by atoms with Crippen LogP contribution in [0, 0.1) is 0 Å². The molecule has 0 unspecified atom stereocenters. The first-order valence-corrected chi connectivity index (χ1v) is 5.55. The van der Waals surface area contributed by atoms with E-state index < -0.39 is 11.9 Å². The summed E-state index contributed by atoms with van der Waals surface area (Å²) in [5.74, 6) is -2.07. The van der Waals surface area contributed by atoms with Gasteiger partial charge in [0.2, 0.25) is 11.8 Å². The molecule has 0 aliphatic rings. The van der Waals surface area contributed by atoms with E-state index in [1.54, 1.807) is 0 Å². The summed E-state index contributed by atoms with van der Waals surface area (Å²) >= 11 is 5.91. The molecule has 0 heterocycles. The number of benzene rings is 1. The highest BCUT2D eigenvalue weighted by atomic mass is 35.5. The van der Waals surface area contributed by atoms with Crippen LogP contribution in [-0.2, 0) is 14.4 Å². The van der Waals surface area contributed by atoms with E-state index in [-0.39, 0.29) is 10.9 Å². The quantitative estimate of drug-likeness (QED) is 0.735. The van der Waals surface area contributed by atoms with Crippen molar-refractivity contribution in [2.45, 2.75) is 6.92 Å². The first kappa shape index (κ1) is 14.7. The second-order valence-electron chi connectivity index (χ2n) is 3.54. The highest BCUT2D eigenvalue weighted by Gasteiger charge is 2.05. The van der Waals surface area contributed by atoms with Gasteiger partial charge in [0.15, 0.2) is 0 Å². The van der Waals surface area contributed by atoms with Gasteiger partial charge in [0.25, 0.3) is 0 Å². The van der Waals surface area contributed by atoms with Gasteiger partial charge in [-0.25, -0.2) is 4.79 Å². The fraction of sp³-hybridized carbons (Fsp3) is 0.0833. The Labute approximate surface area is 114 Å². The van der Waals surface area contributed by atoms with Crippen molar-refractivity contribution in [2.24, 2.45) is 0 Å². The lowest BCUT2D eigenvalue weighted by molar-refractivity contribution is -0.131. The van der Waals surface area contributed by atoms with E-state index in [0.717, 1.165) is 12.2 Å². The van der Waals surface area contributed by atoms with Gasteiger partial charge in [-0.1, -0.05) is 11.6 Å². The Kier molecular flexibility index (Phi) is 5.08. The molecule has 0 saturated heterocycles. The molecule has 0 saturated carbocycles. The molecule has 1 aromatic rings. The maximum absolute atomic E-state index is 11.3. The maximum Gasteiger partial charge on any atom is 0.328 e. The third-order valence-corrected chi connectivity index (χ3v) is 2.24. The van der Waals surface area contributed by atoms with E-state index in [1.165, 1.54) is 25.1 Å². The second-order valence-corrected chi connectivity index (χ2v) is 3.94. The largest absolute Gasteiger partial charge is 0.478 e. The minimum Gasteiger partial charge on any atom is -0.478 e. The average molecular weight is 283 g/mol. The van der Waals surface area contributed by atoms with Crippen molar-refractivity contribution in [1.29, 1.82) is 0 Å². The van der Waals surface area contributed by atoms with Crippen LogP contribution in [0.25, 0.3) is 0 Å². The molecule has 1 aromatic carbocycles. The predicted molar refractivity (Wildman–Crippen MR) is 71.2 cm³/mol. The van der Waals surface area contributed by atoms with Crippen molar-refractivity contribution < 1.29 is 19.5 Å². The monoisotopic (exact) mass is 282 g/mol. The third-order valence-electron chi connectivity index (χ3n) is 1.92. The van der Waals surface area contributed by atoms with Crippen LogP contribution in [-0.4, -0.2) is 22.9 Å². The summed E-state index contributed by atoms with van der Waals surface area (Å²) in [6.45, 7) is 1.35. The maximum atomic E-state index is 11.3. The number of hydrogen-bond donors (Lipinski definition) is 3. The summed E-state index contributed by atoms with van der Waals surface area (Å²) in [7, 11) is 0. The molecule has 2 amide bonds. The summed E-state index contributed by atoms with van der Waals surface area (Å²) in [5.41, 5.74) is 0.812. The van der Waals surface area contributed by atoms with E-state index in [1.807, 2.05) is 0 Å². The number of aliphatic carboxylic acids is 1. The lowest BCUT2D eigenvalue weighted by Crippen LogP contribution is -2.10. The van der Waals surface area contributed by atoms with Crippen molar-refractivity contribution in [2.75, 3.05) is 10.6 Å². The van der Waals surface area contributed by atoms with Crippen molar-refractivity contribution in [1.82, 2.24) is 0 Å². The number of hydrogen-bond acceptors (Lipinski definition) is 3. The average Bonchev–Trinajstić information content (AvgIpc) is 2.29. The highest BCUT2D eigenvalue weighted by Crippen LogP contribution is 2.25. The Morgan fingerprint density at radius 2 is 1.89 bits per heavy atom. The zero-order valence-corrected chi connectivity index (χ0v) is 10.7. The number of anilines is 2. The number of carbonyl (C=O) groups is 3. The molecule has 0 fully saturated rings. The number of nitrogens with one attached hydrogen (secondary N) is 2. The Bertz CT molecular complexity index is 555. The minimum atomic E-state index is -1.21. The molecule has 3 N–H and O–H groups in total. The van der Waals surface area contributed by atoms with Gasteiger partial charge in [0, 0.05) is 24.8 Å². The number of carbonyl (C=O) groups excluding carboxylic acids is 2. The summed E-state index contributed by atoms with van der Waals surface area (Å²) in [4.78, 5) is 32.4. The normalized spacial score (nSPS) is 10.2. The van der Waals surface area contributed by atoms with E-state index in [9.17, 15) is 14.4 Å². The number of amides is 2. The van der Waals surface area contributed by atoms with Gasteiger partial charge in [0.05, 0.1) is 10.7 Å². The summed E-state index contributed by atoms with van der Waals surface area (Å²) in [5, 5.41) is 13.6. The number of halogens is 1. The van der Waals surface area contributed by atoms with Crippen LogP contribution in [0.2, 0.25) is 5.02 Å². The molecule has 19 heavy (non-hydrogen) atoms. The Hall–Kier alpha value is -2.34. The van der Waals surface area contributed by atoms with Crippen LogP contribution in [0.1, 0.15) is 6.92 Å². The van der Waals surface area contributed by atoms with Gasteiger partial charge < -0.3 is 15.7 Å². The summed E-state index contributed by atoms with van der Waals surface area (Å²) in [6.07, 6.45) is 1.61. The zero-order chi connectivity index (χ0) is 14.4. The van der Waals surface area contributed by atoms with Gasteiger partial charge in [-0.3, -0.25) is 9.59 Å². The molecular formula is C12H11ClN2O4. The van der Waals surface area contributed by atoms with Gasteiger partial charge in [-0.15, -0.1) is 0 Å². The molecular weight excluding hydrogens is 272 g/mol. The van der Waals surface area contributed by atoms with Gasteiger partial charge in [-0.05, 0) is 18.2 Å². The van der Waals surface area contributed by atoms with Crippen LogP contribution in [0.4, 0.5) is 11.4 Å². The standard InChI is InChI=1S/C12H11ClN2O4/c1-7(16)14-10-3-2-8(6-9(10)13)15-11(17)4-5-12(18)19/h2-6H,1H3,(H,14,16)(H,15,17)(H,18,19). The topological polar surface area (TPSA) is 95.5 Å². The van der Waals surface area contributed by atoms with Crippen LogP contribution in [0.5, 0.6) is 0 Å². The van der Waals surface area contributed by atoms with Gasteiger partial charge >= 0.3 is 5.97 Å². The highest BCUT2D eigenvalue weighted by molar-refractivity contribution is 6.34. The number of carboxylic acid groups (broad SMARTS) is 1. The number of carboxylic acids is 1. The summed E-state index contributed by atoms with van der Waals surface area (Å²) < 4.78 is 0. The van der Waals surface area contributed by atoms with Crippen LogP contribution >= 0.6 is 11.6 Å². The van der Waals surface area contributed by atoms with E-state index >= 15 is 0 Å². The van der Waals surface area contributed by atoms with E-state index in [2.05, 4.69) is 10.6 Å². The molecule has 0 radical (unpaired) electrons. The molecule has 7 heteroatoms. The smallest absolute Gasteiger partial charge is 0.328 e. The van der Waals surface area contributed by atoms with E-state index in [4.69, 9.17) is 16.7 Å². The molecule has 0 spiro atoms. The second kappa shape index (κ2) is 6.55. The molecule has 100 valence electrons. The molecule has 1 rings (SSSR count). The Balaban J connectivity index is 2.76. The molecule has 0 aromatic heterocycles. The Morgan fingerprint density at radius 1 is 1.21 bits per heavy atom. The molecule has 0 atom stereocenters. The minimum absolute atomic E-state index is 0.259. The lowest BCUT2D eigenvalue weighted by Gasteiger charge is -2.07. The van der Waals surface area contributed by atoms with Crippen LogP contribution in [0.15, 0.2) is 30.4 Å². The molecule has 0 aliphatic heterocycles. The van der Waals surface area contributed by atoms with Gasteiger partial charge in [0.1, 0.15) is 0 Å². The van der Waals surface area contributed by atoms with Crippen molar-refractivity contribution in [3.63, 3.8) is 0 Å². The van der Waals surface area contributed by atoms with Gasteiger partial charge in [-0.2, -0.15) is 0 Å². The Morgan fingerprint density at radius 3 is 2.42 bits per heavy atom. The summed E-state index contributed by atoms with van der Waals surface area (Å²) in [6, 6.07) is 4.50. The zero-order valence-electron chi connectivity index (χ0n) is 9.94. The van der Waals surface area contributed by atoms with Crippen LogP contribution < -0.4 is 10.6 Å². The number of rotatable bonds is 4. The van der Waals surface area contributed by atoms with E-state index in [0.29, 0.717) is 11.4 Å². The third kappa shape index (κ3) is 5.22. The van der Waals surface area contributed by atoms with Crippen molar-refractivity contribution in [3.05, 3.63) is 35.4 Å². The van der Waals surface area contributed by atoms with Crippen LogP contribution in [0.3, 0.4) is 0 Å². The fourth-order valence-corrected chi connectivity index (χ4v) is 1.44. The fourth-order valence-electron chi connectivity index (χ4n) is 1.21. The SMILES string of the molecule is CC(=O)Nc1ccc(NC(=O)C=CC(=O)O)cc1Cl. The van der Waals surface area contributed by atoms with Crippen molar-refractivity contribution >= 4 is 40.8 Å². The lowest BCUT2D eigenvalue weighted by atomic mass is 10.2. The predicted octanol–water partition coefficient (Wildman–Crippen LogP) is 1.88. The first-order valence-electron chi connectivity index (χ1n) is 5.17. The van der Waals surface area contributed by atoms with Crippen molar-refractivity contribution in [3.8, 4) is 0 Å². The molecule has 6 nitrogen and oxygen atoms in total. The molecule has 0 bridgehead atoms. The first-order chi connectivity index (χ1) is 8.88. The molecule has 0 aliphatic carbocycles.